The van der Waals surface area contributed by atoms with Gasteiger partial charge in [-0.05, 0) is 12.8 Å². The summed E-state index contributed by atoms with van der Waals surface area (Å²) in [5, 5.41) is 0. The molecular formula is C26H52O2. The molecule has 0 spiro atoms. The third kappa shape index (κ3) is 20.6. The van der Waals surface area contributed by atoms with Crippen molar-refractivity contribution in [1.29, 1.82) is 0 Å². The van der Waals surface area contributed by atoms with Gasteiger partial charge in [-0.3, -0.25) is 0 Å². The van der Waals surface area contributed by atoms with Crippen LogP contribution in [0.15, 0.2) is 0 Å². The van der Waals surface area contributed by atoms with Crippen LogP contribution in [0.2, 0.25) is 0 Å². The second kappa shape index (κ2) is 23.2. The van der Waals surface area contributed by atoms with E-state index in [0.717, 1.165) is 26.1 Å². The largest absolute Gasteiger partial charge is 0.237 e. The fourth-order valence-corrected chi connectivity index (χ4v) is 4.33. The molecule has 1 saturated heterocycles. The molecule has 0 aromatic rings. The Balaban J connectivity index is 2.00. The molecule has 0 atom stereocenters. The van der Waals surface area contributed by atoms with Gasteiger partial charge in [-0.1, -0.05) is 141 Å². The monoisotopic (exact) mass is 396 g/mol. The second-order valence-corrected chi connectivity index (χ2v) is 9.13. The minimum absolute atomic E-state index is 0.778. The summed E-state index contributed by atoms with van der Waals surface area (Å²) in [5.41, 5.74) is 0. The molecule has 0 N–H and O–H groups in total. The molecule has 2 nitrogen and oxygen atoms in total. The van der Waals surface area contributed by atoms with E-state index in [1.165, 1.54) is 141 Å². The van der Waals surface area contributed by atoms with E-state index in [1.807, 2.05) is 0 Å². The average Bonchev–Trinajstić information content (AvgIpc) is 2.71. The van der Waals surface area contributed by atoms with Gasteiger partial charge in [0.1, 0.15) is 0 Å². The summed E-state index contributed by atoms with van der Waals surface area (Å²) in [6, 6.07) is 0. The smallest absolute Gasteiger partial charge is 0.0822 e. The van der Waals surface area contributed by atoms with Crippen LogP contribution in [0.25, 0.3) is 0 Å². The quantitative estimate of drug-likeness (QED) is 0.380. The molecule has 1 aliphatic rings. The minimum atomic E-state index is 0.778. The van der Waals surface area contributed by atoms with Gasteiger partial charge in [0.05, 0.1) is 13.2 Å². The molecule has 0 saturated carbocycles. The summed E-state index contributed by atoms with van der Waals surface area (Å²) in [6.07, 6.45) is 33.8. The van der Waals surface area contributed by atoms with Crippen molar-refractivity contribution in [3.8, 4) is 0 Å². The molecule has 0 bridgehead atoms. The maximum Gasteiger partial charge on any atom is 0.0822 e. The molecule has 0 aromatic carbocycles. The van der Waals surface area contributed by atoms with Crippen LogP contribution in [0.4, 0.5) is 0 Å². The van der Waals surface area contributed by atoms with E-state index in [1.54, 1.807) is 0 Å². The lowest BCUT2D eigenvalue weighted by Gasteiger charge is -2.06. The summed E-state index contributed by atoms with van der Waals surface area (Å²) in [6.45, 7) is 1.56. The highest BCUT2D eigenvalue weighted by atomic mass is 17.2. The summed E-state index contributed by atoms with van der Waals surface area (Å²) in [7, 11) is 0. The first-order chi connectivity index (χ1) is 14.0. The lowest BCUT2D eigenvalue weighted by Crippen LogP contribution is -1.99. The molecule has 28 heavy (non-hydrogen) atoms. The van der Waals surface area contributed by atoms with Crippen LogP contribution in [-0.2, 0) is 9.78 Å². The van der Waals surface area contributed by atoms with Crippen molar-refractivity contribution in [2.45, 2.75) is 154 Å². The molecule has 0 amide bonds. The van der Waals surface area contributed by atoms with Gasteiger partial charge >= 0.3 is 0 Å². The lowest BCUT2D eigenvalue weighted by molar-refractivity contribution is -0.295. The summed E-state index contributed by atoms with van der Waals surface area (Å²) >= 11 is 0. The van der Waals surface area contributed by atoms with Crippen molar-refractivity contribution >= 4 is 0 Å². The van der Waals surface area contributed by atoms with E-state index in [4.69, 9.17) is 9.78 Å². The molecule has 1 heterocycles. The van der Waals surface area contributed by atoms with E-state index in [-0.39, 0.29) is 0 Å². The standard InChI is InChI=1S/C26H52O2/c1-2-4-6-8-10-12-14-16-18-20-22-24-26-28-27-25-23-21-19-17-15-13-11-9-7-5-3-1/h1-26H2. The SMILES string of the molecule is C1CCCCCCCCCCCCCOOCCCCCCCCCCCC1. The fourth-order valence-electron chi connectivity index (χ4n) is 4.33. The predicted molar refractivity (Wildman–Crippen MR) is 123 cm³/mol. The van der Waals surface area contributed by atoms with Crippen LogP contribution in [0.3, 0.4) is 0 Å². The molecule has 1 aliphatic heterocycles. The number of hydrogen-bond donors (Lipinski definition) is 0. The van der Waals surface area contributed by atoms with E-state index in [0.29, 0.717) is 0 Å². The number of rotatable bonds is 0. The van der Waals surface area contributed by atoms with Crippen molar-refractivity contribution in [3.05, 3.63) is 0 Å². The number of hydrogen-bond acceptors (Lipinski definition) is 2. The van der Waals surface area contributed by atoms with E-state index < -0.39 is 0 Å². The normalized spacial score (nSPS) is 24.0. The molecule has 168 valence electrons. The van der Waals surface area contributed by atoms with Crippen LogP contribution in [0.1, 0.15) is 154 Å². The third-order valence-electron chi connectivity index (χ3n) is 6.29. The van der Waals surface area contributed by atoms with Gasteiger partial charge in [-0.2, -0.15) is 0 Å². The van der Waals surface area contributed by atoms with Crippen LogP contribution < -0.4 is 0 Å². The lowest BCUT2D eigenvalue weighted by atomic mass is 10.0. The second-order valence-electron chi connectivity index (χ2n) is 9.13. The summed E-state index contributed by atoms with van der Waals surface area (Å²) < 4.78 is 0. The maximum absolute atomic E-state index is 5.31. The average molecular weight is 397 g/mol. The molecule has 2 heteroatoms. The topological polar surface area (TPSA) is 18.5 Å². The maximum atomic E-state index is 5.31. The first kappa shape index (κ1) is 26.0. The van der Waals surface area contributed by atoms with Crippen molar-refractivity contribution in [2.75, 3.05) is 13.2 Å². The Bertz CT molecular complexity index is 145. The Kier molecular flexibility index (Phi) is 21.5. The zero-order valence-corrected chi connectivity index (χ0v) is 19.2. The predicted octanol–water partition coefficient (Wildman–Crippen LogP) is 9.31. The molecule has 0 unspecified atom stereocenters. The van der Waals surface area contributed by atoms with Gasteiger partial charge in [-0.15, -0.1) is 0 Å². The summed E-state index contributed by atoms with van der Waals surface area (Å²) in [5.74, 6) is 0. The van der Waals surface area contributed by atoms with Crippen molar-refractivity contribution in [2.24, 2.45) is 0 Å². The molecule has 1 fully saturated rings. The Morgan fingerprint density at radius 3 is 0.500 bits per heavy atom. The molecular weight excluding hydrogens is 344 g/mol. The molecule has 0 aliphatic carbocycles. The Morgan fingerprint density at radius 2 is 0.321 bits per heavy atom. The van der Waals surface area contributed by atoms with Crippen molar-refractivity contribution in [1.82, 2.24) is 0 Å². The fraction of sp³-hybridized carbons (Fsp3) is 1.00. The third-order valence-corrected chi connectivity index (χ3v) is 6.29. The van der Waals surface area contributed by atoms with Gasteiger partial charge in [0, 0.05) is 0 Å². The zero-order chi connectivity index (χ0) is 19.8. The highest BCUT2D eigenvalue weighted by Crippen LogP contribution is 2.15. The summed E-state index contributed by atoms with van der Waals surface area (Å²) in [4.78, 5) is 10.6. The zero-order valence-electron chi connectivity index (χ0n) is 19.2. The van der Waals surface area contributed by atoms with E-state index in [9.17, 15) is 0 Å². The van der Waals surface area contributed by atoms with Gasteiger partial charge < -0.3 is 0 Å². The highest BCUT2D eigenvalue weighted by Gasteiger charge is 1.97. The van der Waals surface area contributed by atoms with Gasteiger partial charge in [-0.25, -0.2) is 9.78 Å². The molecule has 0 aromatic heterocycles. The first-order valence-corrected chi connectivity index (χ1v) is 13.2. The van der Waals surface area contributed by atoms with Crippen molar-refractivity contribution in [3.63, 3.8) is 0 Å². The van der Waals surface area contributed by atoms with Gasteiger partial charge in [0.15, 0.2) is 0 Å². The van der Waals surface area contributed by atoms with E-state index in [2.05, 4.69) is 0 Å². The molecule has 0 radical (unpaired) electrons. The molecule has 1 rings (SSSR count). The Morgan fingerprint density at radius 1 is 0.179 bits per heavy atom. The minimum Gasteiger partial charge on any atom is -0.237 e. The van der Waals surface area contributed by atoms with Crippen LogP contribution in [0, 0.1) is 0 Å². The van der Waals surface area contributed by atoms with E-state index >= 15 is 0 Å². The first-order valence-electron chi connectivity index (χ1n) is 13.2. The Labute approximate surface area is 177 Å². The van der Waals surface area contributed by atoms with Crippen LogP contribution in [0.5, 0.6) is 0 Å². The van der Waals surface area contributed by atoms with Crippen LogP contribution in [-0.4, -0.2) is 13.2 Å². The Hall–Kier alpha value is -0.0800. The van der Waals surface area contributed by atoms with Crippen LogP contribution >= 0.6 is 0 Å². The van der Waals surface area contributed by atoms with Gasteiger partial charge in [0.2, 0.25) is 0 Å². The highest BCUT2D eigenvalue weighted by molar-refractivity contribution is 4.51. The van der Waals surface area contributed by atoms with Crippen molar-refractivity contribution < 1.29 is 9.78 Å². The van der Waals surface area contributed by atoms with Gasteiger partial charge in [0.25, 0.3) is 0 Å².